The number of nitrogens with zero attached hydrogens (tertiary/aromatic N) is 2. The van der Waals surface area contributed by atoms with Crippen molar-refractivity contribution >= 4 is 12.0 Å². The first-order valence-corrected chi connectivity index (χ1v) is 10.9. The number of ether oxygens (including phenoxy) is 1. The third-order valence-corrected chi connectivity index (χ3v) is 5.76. The third-order valence-electron chi connectivity index (χ3n) is 5.76. The van der Waals surface area contributed by atoms with E-state index in [0.717, 1.165) is 35.4 Å². The molecule has 0 saturated heterocycles. The van der Waals surface area contributed by atoms with Crippen molar-refractivity contribution in [3.8, 4) is 17.0 Å². The summed E-state index contributed by atoms with van der Waals surface area (Å²) in [6.45, 7) is 2.06. The van der Waals surface area contributed by atoms with E-state index in [1.165, 1.54) is 26.2 Å². The van der Waals surface area contributed by atoms with Gasteiger partial charge in [-0.1, -0.05) is 49.6 Å². The molecule has 1 aliphatic rings. The van der Waals surface area contributed by atoms with Gasteiger partial charge in [0.15, 0.2) is 0 Å². The van der Waals surface area contributed by atoms with Gasteiger partial charge in [0.05, 0.1) is 23.4 Å². The van der Waals surface area contributed by atoms with Gasteiger partial charge < -0.3 is 14.6 Å². The molecule has 4 rings (SSSR count). The van der Waals surface area contributed by atoms with Crippen LogP contribution in [-0.4, -0.2) is 15.7 Å². The lowest BCUT2D eigenvalue weighted by atomic mass is 9.95. The molecule has 0 aliphatic heterocycles. The van der Waals surface area contributed by atoms with Crippen molar-refractivity contribution in [3.63, 3.8) is 0 Å². The van der Waals surface area contributed by atoms with Crippen LogP contribution in [0.2, 0.25) is 0 Å². The van der Waals surface area contributed by atoms with Crippen molar-refractivity contribution in [2.24, 2.45) is 0 Å². The Labute approximate surface area is 183 Å². The minimum atomic E-state index is -1.17. The lowest BCUT2D eigenvalue weighted by Gasteiger charge is -2.24. The molecular formula is C26H27N2O3-. The van der Waals surface area contributed by atoms with Gasteiger partial charge in [-0.15, -0.1) is 0 Å². The fourth-order valence-corrected chi connectivity index (χ4v) is 4.05. The number of carboxylic acid groups (broad SMARTS) is 1. The van der Waals surface area contributed by atoms with Crippen LogP contribution in [0.15, 0.2) is 66.2 Å². The Balaban J connectivity index is 1.58. The van der Waals surface area contributed by atoms with Crippen LogP contribution in [0.4, 0.5) is 0 Å². The summed E-state index contributed by atoms with van der Waals surface area (Å²) in [4.78, 5) is 11.1. The molecule has 0 bridgehead atoms. The lowest BCUT2D eigenvalue weighted by Crippen LogP contribution is -2.22. The third kappa shape index (κ3) is 5.23. The molecule has 31 heavy (non-hydrogen) atoms. The molecule has 0 spiro atoms. The Morgan fingerprint density at radius 3 is 2.48 bits per heavy atom. The highest BCUT2D eigenvalue weighted by Gasteiger charge is 2.20. The van der Waals surface area contributed by atoms with Gasteiger partial charge in [0.2, 0.25) is 0 Å². The number of carboxylic acids is 1. The highest BCUT2D eigenvalue weighted by Crippen LogP contribution is 2.33. The van der Waals surface area contributed by atoms with Crippen LogP contribution < -0.4 is 9.84 Å². The maximum atomic E-state index is 11.1. The quantitative estimate of drug-likeness (QED) is 0.521. The Kier molecular flexibility index (Phi) is 6.51. The van der Waals surface area contributed by atoms with Gasteiger partial charge in [0, 0.05) is 5.56 Å². The van der Waals surface area contributed by atoms with Crippen LogP contribution in [0.5, 0.6) is 5.75 Å². The molecule has 1 heterocycles. The van der Waals surface area contributed by atoms with Crippen molar-refractivity contribution in [1.82, 2.24) is 9.78 Å². The van der Waals surface area contributed by atoms with Gasteiger partial charge >= 0.3 is 0 Å². The van der Waals surface area contributed by atoms with Gasteiger partial charge in [0.25, 0.3) is 0 Å². The van der Waals surface area contributed by atoms with Crippen molar-refractivity contribution in [2.75, 3.05) is 0 Å². The van der Waals surface area contributed by atoms with Crippen LogP contribution in [-0.2, 0) is 11.4 Å². The number of aromatic nitrogens is 2. The summed E-state index contributed by atoms with van der Waals surface area (Å²) in [6.07, 6.45) is 7.41. The van der Waals surface area contributed by atoms with E-state index in [1.54, 1.807) is 6.08 Å². The molecule has 2 aromatic carbocycles. The topological polar surface area (TPSA) is 67.2 Å². The van der Waals surface area contributed by atoms with Gasteiger partial charge in [0.1, 0.15) is 12.4 Å². The monoisotopic (exact) mass is 415 g/mol. The van der Waals surface area contributed by atoms with Gasteiger partial charge in [-0.3, -0.25) is 4.68 Å². The van der Waals surface area contributed by atoms with E-state index in [0.29, 0.717) is 18.3 Å². The highest BCUT2D eigenvalue weighted by atomic mass is 16.5. The van der Waals surface area contributed by atoms with Crippen LogP contribution in [0.25, 0.3) is 17.3 Å². The summed E-state index contributed by atoms with van der Waals surface area (Å²) in [7, 11) is 0. The number of carbonyl (C=O) groups is 1. The second-order valence-electron chi connectivity index (χ2n) is 8.10. The summed E-state index contributed by atoms with van der Waals surface area (Å²) >= 11 is 0. The van der Waals surface area contributed by atoms with E-state index in [-0.39, 0.29) is 5.57 Å². The first-order chi connectivity index (χ1) is 15.1. The second kappa shape index (κ2) is 9.65. The Morgan fingerprint density at radius 1 is 1.10 bits per heavy atom. The number of rotatable bonds is 7. The fraction of sp³-hybridized carbons (Fsp3) is 0.308. The minimum Gasteiger partial charge on any atom is -0.545 e. The summed E-state index contributed by atoms with van der Waals surface area (Å²) < 4.78 is 7.99. The molecular weight excluding hydrogens is 388 g/mol. The van der Waals surface area contributed by atoms with Crippen molar-refractivity contribution in [1.29, 1.82) is 0 Å². The summed E-state index contributed by atoms with van der Waals surface area (Å²) in [5.41, 5.74) is 3.98. The fourth-order valence-electron chi connectivity index (χ4n) is 4.05. The maximum Gasteiger partial charge on any atom is 0.119 e. The molecule has 160 valence electrons. The van der Waals surface area contributed by atoms with E-state index in [2.05, 4.69) is 4.68 Å². The molecule has 1 fully saturated rings. The van der Waals surface area contributed by atoms with Crippen LogP contribution in [0, 0.1) is 0 Å². The maximum absolute atomic E-state index is 11.1. The smallest absolute Gasteiger partial charge is 0.119 e. The number of benzene rings is 2. The van der Waals surface area contributed by atoms with Crippen molar-refractivity contribution in [3.05, 3.63) is 77.5 Å². The summed E-state index contributed by atoms with van der Waals surface area (Å²) in [6, 6.07) is 20.4. The van der Waals surface area contributed by atoms with E-state index in [1.807, 2.05) is 60.7 Å². The van der Waals surface area contributed by atoms with E-state index >= 15 is 0 Å². The Hall–Kier alpha value is -3.34. The molecule has 0 unspecified atom stereocenters. The van der Waals surface area contributed by atoms with Crippen LogP contribution in [0.1, 0.15) is 56.3 Å². The van der Waals surface area contributed by atoms with E-state index in [4.69, 9.17) is 9.84 Å². The number of hydrogen-bond donors (Lipinski definition) is 0. The van der Waals surface area contributed by atoms with Gasteiger partial charge in [-0.25, -0.2) is 0 Å². The van der Waals surface area contributed by atoms with Gasteiger partial charge in [-0.2, -0.15) is 5.10 Å². The zero-order valence-electron chi connectivity index (χ0n) is 17.8. The Morgan fingerprint density at radius 2 is 1.81 bits per heavy atom. The normalized spacial score (nSPS) is 15.1. The van der Waals surface area contributed by atoms with Gasteiger partial charge in [-0.05, 0) is 67.3 Å². The second-order valence-corrected chi connectivity index (χ2v) is 8.10. The summed E-state index contributed by atoms with van der Waals surface area (Å²) in [5.74, 6) is -0.363. The first-order valence-electron chi connectivity index (χ1n) is 10.9. The van der Waals surface area contributed by atoms with Crippen LogP contribution in [0.3, 0.4) is 0 Å². The molecule has 5 nitrogen and oxygen atoms in total. The molecule has 1 aromatic heterocycles. The molecule has 0 N–H and O–H groups in total. The molecule has 0 atom stereocenters. The average molecular weight is 416 g/mol. The number of carbonyl (C=O) groups excluding carboxylic acids is 1. The predicted octanol–water partition coefficient (Wildman–Crippen LogP) is 4.79. The van der Waals surface area contributed by atoms with Crippen molar-refractivity contribution < 1.29 is 14.6 Å². The molecule has 1 saturated carbocycles. The summed E-state index contributed by atoms with van der Waals surface area (Å²) in [5, 5.41) is 15.9. The molecule has 0 amide bonds. The predicted molar refractivity (Wildman–Crippen MR) is 119 cm³/mol. The standard InChI is InChI=1S/C26H28N2O3/c1-19(26(29)30)16-22-17-25(28(27-22)23-10-6-3-7-11-23)21-12-14-24(15-13-21)31-18-20-8-4-2-5-9-20/h2,4-5,8-9,12-17,23H,3,6-7,10-11,18H2,1H3,(H,29,30)/p-1/b19-16+. The number of aliphatic carboxylic acids is 1. The van der Waals surface area contributed by atoms with Crippen LogP contribution >= 0.6 is 0 Å². The first kappa shape index (κ1) is 20.9. The largest absolute Gasteiger partial charge is 0.545 e. The molecule has 1 aliphatic carbocycles. The highest BCUT2D eigenvalue weighted by molar-refractivity contribution is 5.89. The average Bonchev–Trinajstić information content (AvgIpc) is 3.23. The molecule has 3 aromatic rings. The minimum absolute atomic E-state index is 0.171. The molecule has 0 radical (unpaired) electrons. The zero-order chi connectivity index (χ0) is 21.6. The van der Waals surface area contributed by atoms with E-state index in [9.17, 15) is 9.90 Å². The SMILES string of the molecule is C/C(=C\c1cc(-c2ccc(OCc3ccccc3)cc2)n(C2CCCCC2)n1)C(=O)[O-]. The Bertz CT molecular complexity index is 1050. The van der Waals surface area contributed by atoms with E-state index < -0.39 is 5.97 Å². The lowest BCUT2D eigenvalue weighted by molar-refractivity contribution is -0.299. The van der Waals surface area contributed by atoms with Crippen molar-refractivity contribution in [2.45, 2.75) is 51.7 Å². The number of hydrogen-bond acceptors (Lipinski definition) is 4. The molecule has 5 heteroatoms. The zero-order valence-corrected chi connectivity index (χ0v) is 17.8.